The molecule has 1 aromatic rings. The molecule has 0 bridgehead atoms. The Morgan fingerprint density at radius 3 is 2.43 bits per heavy atom. The Balaban J connectivity index is 2.74. The van der Waals surface area contributed by atoms with Crippen LogP contribution in [0.5, 0.6) is 0 Å². The fourth-order valence-corrected chi connectivity index (χ4v) is 1.46. The summed E-state index contributed by atoms with van der Waals surface area (Å²) in [5, 5.41) is 18.3. The Morgan fingerprint density at radius 1 is 1.21 bits per heavy atom. The molecule has 0 aliphatic rings. The van der Waals surface area contributed by atoms with Crippen molar-refractivity contribution in [1.29, 1.82) is 0 Å². The number of benzene rings is 1. The molecule has 1 aromatic carbocycles. The Morgan fingerprint density at radius 2 is 1.86 bits per heavy atom. The highest BCUT2D eigenvalue weighted by molar-refractivity contribution is 6.59. The van der Waals surface area contributed by atoms with Gasteiger partial charge >= 0.3 is 7.12 Å². The van der Waals surface area contributed by atoms with Gasteiger partial charge in [0.1, 0.15) is 0 Å². The van der Waals surface area contributed by atoms with Gasteiger partial charge in [0.05, 0.1) is 0 Å². The Labute approximate surface area is 85.7 Å². The standard InChI is InChI=1S/C11H17BO2/c1-9(2)7-8-10-5-3-4-6-11(10)12(13)14/h3-6,9,13-14H,7-8H2,1-2H3. The second-order valence-corrected chi connectivity index (χ2v) is 4.01. The van der Waals surface area contributed by atoms with E-state index in [9.17, 15) is 0 Å². The summed E-state index contributed by atoms with van der Waals surface area (Å²) in [5.41, 5.74) is 1.67. The zero-order chi connectivity index (χ0) is 10.6. The zero-order valence-corrected chi connectivity index (χ0v) is 8.77. The van der Waals surface area contributed by atoms with Gasteiger partial charge < -0.3 is 10.0 Å². The highest BCUT2D eigenvalue weighted by atomic mass is 16.4. The molecule has 76 valence electrons. The predicted molar refractivity (Wildman–Crippen MR) is 59.4 cm³/mol. The third-order valence-corrected chi connectivity index (χ3v) is 2.32. The fourth-order valence-electron chi connectivity index (χ4n) is 1.46. The maximum Gasteiger partial charge on any atom is 0.488 e. The minimum Gasteiger partial charge on any atom is -0.423 e. The fraction of sp³-hybridized carbons (Fsp3) is 0.455. The minimum absolute atomic E-state index is 0.633. The molecule has 2 nitrogen and oxygen atoms in total. The maximum atomic E-state index is 9.13. The Kier molecular flexibility index (Phi) is 4.17. The van der Waals surface area contributed by atoms with Crippen LogP contribution in [0, 0.1) is 5.92 Å². The maximum absolute atomic E-state index is 9.13. The number of rotatable bonds is 4. The first kappa shape index (κ1) is 11.3. The van der Waals surface area contributed by atoms with E-state index in [2.05, 4.69) is 13.8 Å². The Bertz CT molecular complexity index is 284. The second kappa shape index (κ2) is 5.18. The van der Waals surface area contributed by atoms with Crippen molar-refractivity contribution in [3.8, 4) is 0 Å². The largest absolute Gasteiger partial charge is 0.488 e. The van der Waals surface area contributed by atoms with Crippen molar-refractivity contribution in [3.05, 3.63) is 29.8 Å². The van der Waals surface area contributed by atoms with Crippen molar-refractivity contribution >= 4 is 12.6 Å². The summed E-state index contributed by atoms with van der Waals surface area (Å²) < 4.78 is 0. The lowest BCUT2D eigenvalue weighted by Crippen LogP contribution is -2.32. The predicted octanol–water partition coefficient (Wildman–Crippen LogP) is 0.955. The molecule has 0 aliphatic carbocycles. The lowest BCUT2D eigenvalue weighted by molar-refractivity contribution is 0.425. The van der Waals surface area contributed by atoms with Gasteiger partial charge in [-0.3, -0.25) is 0 Å². The molecule has 0 saturated carbocycles. The van der Waals surface area contributed by atoms with Gasteiger partial charge in [0, 0.05) is 0 Å². The van der Waals surface area contributed by atoms with Crippen LogP contribution in [0.15, 0.2) is 24.3 Å². The average molecular weight is 192 g/mol. The highest BCUT2D eigenvalue weighted by Crippen LogP contribution is 2.07. The molecule has 2 N–H and O–H groups in total. The molecule has 0 atom stereocenters. The number of hydrogen-bond donors (Lipinski definition) is 2. The molecule has 0 saturated heterocycles. The third kappa shape index (κ3) is 3.16. The topological polar surface area (TPSA) is 40.5 Å². The summed E-state index contributed by atoms with van der Waals surface area (Å²) in [6.07, 6.45) is 1.98. The van der Waals surface area contributed by atoms with Crippen molar-refractivity contribution in [2.45, 2.75) is 26.7 Å². The van der Waals surface area contributed by atoms with Crippen molar-refractivity contribution in [1.82, 2.24) is 0 Å². The molecular formula is C11H17BO2. The second-order valence-electron chi connectivity index (χ2n) is 4.01. The van der Waals surface area contributed by atoms with Crippen molar-refractivity contribution in [2.24, 2.45) is 5.92 Å². The van der Waals surface area contributed by atoms with Gasteiger partial charge in [0.2, 0.25) is 0 Å². The molecule has 0 aromatic heterocycles. The normalized spacial score (nSPS) is 10.6. The molecule has 3 heteroatoms. The molecule has 0 fully saturated rings. The zero-order valence-electron chi connectivity index (χ0n) is 8.77. The van der Waals surface area contributed by atoms with Crippen molar-refractivity contribution in [2.75, 3.05) is 0 Å². The van der Waals surface area contributed by atoms with Gasteiger partial charge in [-0.1, -0.05) is 38.1 Å². The molecule has 0 spiro atoms. The van der Waals surface area contributed by atoms with E-state index in [0.29, 0.717) is 11.4 Å². The first-order chi connectivity index (χ1) is 6.61. The Hall–Kier alpha value is -0.795. The summed E-state index contributed by atoms with van der Waals surface area (Å²) >= 11 is 0. The van der Waals surface area contributed by atoms with E-state index in [1.54, 1.807) is 6.07 Å². The number of aryl methyl sites for hydroxylation is 1. The molecule has 14 heavy (non-hydrogen) atoms. The molecule has 0 heterocycles. The summed E-state index contributed by atoms with van der Waals surface area (Å²) in [6.45, 7) is 4.33. The van der Waals surface area contributed by atoms with E-state index in [-0.39, 0.29) is 0 Å². The monoisotopic (exact) mass is 192 g/mol. The summed E-state index contributed by atoms with van der Waals surface area (Å²) in [5.74, 6) is 0.638. The van der Waals surface area contributed by atoms with Crippen LogP contribution in [0.4, 0.5) is 0 Å². The van der Waals surface area contributed by atoms with Crippen LogP contribution >= 0.6 is 0 Å². The lowest BCUT2D eigenvalue weighted by atomic mass is 9.76. The van der Waals surface area contributed by atoms with Crippen LogP contribution in [0.1, 0.15) is 25.8 Å². The molecule has 1 rings (SSSR count). The van der Waals surface area contributed by atoms with E-state index >= 15 is 0 Å². The van der Waals surface area contributed by atoms with Gasteiger partial charge in [0.15, 0.2) is 0 Å². The SMILES string of the molecule is CC(C)CCc1ccccc1B(O)O. The molecular weight excluding hydrogens is 175 g/mol. The minimum atomic E-state index is -1.35. The first-order valence-corrected chi connectivity index (χ1v) is 5.05. The summed E-state index contributed by atoms with van der Waals surface area (Å²) in [4.78, 5) is 0. The van der Waals surface area contributed by atoms with E-state index < -0.39 is 7.12 Å². The molecule has 0 aliphatic heterocycles. The summed E-state index contributed by atoms with van der Waals surface area (Å²) in [6, 6.07) is 7.48. The first-order valence-electron chi connectivity index (χ1n) is 5.05. The third-order valence-electron chi connectivity index (χ3n) is 2.32. The highest BCUT2D eigenvalue weighted by Gasteiger charge is 2.14. The molecule has 0 unspecified atom stereocenters. The van der Waals surface area contributed by atoms with E-state index in [0.717, 1.165) is 18.4 Å². The lowest BCUT2D eigenvalue weighted by Gasteiger charge is -2.09. The number of hydrogen-bond acceptors (Lipinski definition) is 2. The van der Waals surface area contributed by atoms with Crippen LogP contribution in [0.2, 0.25) is 0 Å². The van der Waals surface area contributed by atoms with E-state index in [4.69, 9.17) is 10.0 Å². The molecule has 0 amide bonds. The van der Waals surface area contributed by atoms with Gasteiger partial charge in [-0.05, 0) is 29.8 Å². The van der Waals surface area contributed by atoms with E-state index in [1.165, 1.54) is 0 Å². The van der Waals surface area contributed by atoms with Gasteiger partial charge in [0.25, 0.3) is 0 Å². The smallest absolute Gasteiger partial charge is 0.423 e. The van der Waals surface area contributed by atoms with Crippen LogP contribution < -0.4 is 5.46 Å². The van der Waals surface area contributed by atoms with Crippen molar-refractivity contribution in [3.63, 3.8) is 0 Å². The summed E-state index contributed by atoms with van der Waals surface area (Å²) in [7, 11) is -1.35. The van der Waals surface area contributed by atoms with Crippen LogP contribution in [0.25, 0.3) is 0 Å². The average Bonchev–Trinajstić information content (AvgIpc) is 2.15. The van der Waals surface area contributed by atoms with Gasteiger partial charge in [-0.2, -0.15) is 0 Å². The van der Waals surface area contributed by atoms with Gasteiger partial charge in [-0.15, -0.1) is 0 Å². The van der Waals surface area contributed by atoms with Crippen LogP contribution in [-0.2, 0) is 6.42 Å². The van der Waals surface area contributed by atoms with E-state index in [1.807, 2.05) is 18.2 Å². The van der Waals surface area contributed by atoms with Crippen molar-refractivity contribution < 1.29 is 10.0 Å². The molecule has 0 radical (unpaired) electrons. The van der Waals surface area contributed by atoms with Crippen LogP contribution in [0.3, 0.4) is 0 Å². The van der Waals surface area contributed by atoms with Crippen LogP contribution in [-0.4, -0.2) is 17.2 Å². The van der Waals surface area contributed by atoms with Gasteiger partial charge in [-0.25, -0.2) is 0 Å². The quantitative estimate of drug-likeness (QED) is 0.697.